The van der Waals surface area contributed by atoms with Crippen molar-refractivity contribution in [2.75, 3.05) is 13.2 Å². The molecule has 7 nitrogen and oxygen atoms in total. The summed E-state index contributed by atoms with van der Waals surface area (Å²) in [6.07, 6.45) is 13.4. The minimum atomic E-state index is -0.903. The quantitative estimate of drug-likeness (QED) is 0.208. The molecule has 27 heavy (non-hydrogen) atoms. The smallest absolute Gasteiger partial charge is 0.450 e. The Morgan fingerprint density at radius 2 is 1.11 bits per heavy atom. The first-order valence-corrected chi connectivity index (χ1v) is 10.4. The van der Waals surface area contributed by atoms with Crippen molar-refractivity contribution in [1.29, 1.82) is 0 Å². The molecule has 0 aliphatic carbocycles. The molecule has 0 atom stereocenters. The topological polar surface area (TPSA) is 105 Å². The molecule has 0 aliphatic heterocycles. The second-order valence-electron chi connectivity index (χ2n) is 6.67. The van der Waals surface area contributed by atoms with Crippen molar-refractivity contribution in [3.05, 3.63) is 0 Å². The van der Waals surface area contributed by atoms with Gasteiger partial charge in [0.1, 0.15) is 0 Å². The summed E-state index contributed by atoms with van der Waals surface area (Å²) in [6.45, 7) is 2.31. The van der Waals surface area contributed by atoms with E-state index < -0.39 is 18.2 Å². The molecule has 0 unspecified atom stereocenters. The fourth-order valence-corrected chi connectivity index (χ4v) is 2.78. The summed E-state index contributed by atoms with van der Waals surface area (Å²) in [5.74, 6) is -0.506. The minimum absolute atomic E-state index is 0.208. The Kier molecular flexibility index (Phi) is 17.7. The number of esters is 1. The van der Waals surface area contributed by atoms with E-state index >= 15 is 0 Å². The number of amides is 1. The van der Waals surface area contributed by atoms with Crippen molar-refractivity contribution in [1.82, 2.24) is 0 Å². The maximum atomic E-state index is 11.3. The van der Waals surface area contributed by atoms with Gasteiger partial charge in [0.25, 0.3) is 0 Å². The Hall–Kier alpha value is -1.79. The molecule has 7 heteroatoms. The molecule has 158 valence electrons. The van der Waals surface area contributed by atoms with Gasteiger partial charge in [-0.05, 0) is 19.8 Å². The van der Waals surface area contributed by atoms with Crippen LogP contribution in [0.15, 0.2) is 0 Å². The van der Waals surface area contributed by atoms with E-state index in [2.05, 4.69) is 14.2 Å². The van der Waals surface area contributed by atoms with Gasteiger partial charge in [-0.1, -0.05) is 70.6 Å². The SMILES string of the molecule is CCOC(=O)OC(=O)CCCCCCCCCCCCCCCOC(N)=O. The maximum absolute atomic E-state index is 11.3. The Morgan fingerprint density at radius 3 is 1.56 bits per heavy atom. The van der Waals surface area contributed by atoms with Gasteiger partial charge < -0.3 is 19.9 Å². The van der Waals surface area contributed by atoms with Crippen molar-refractivity contribution in [2.24, 2.45) is 5.73 Å². The third kappa shape index (κ3) is 20.4. The van der Waals surface area contributed by atoms with E-state index in [0.717, 1.165) is 32.1 Å². The number of ether oxygens (including phenoxy) is 3. The van der Waals surface area contributed by atoms with Crippen LogP contribution >= 0.6 is 0 Å². The lowest BCUT2D eigenvalue weighted by atomic mass is 10.0. The van der Waals surface area contributed by atoms with Crippen molar-refractivity contribution in [3.63, 3.8) is 0 Å². The highest BCUT2D eigenvalue weighted by molar-refractivity contribution is 5.81. The first-order valence-electron chi connectivity index (χ1n) is 10.4. The molecule has 0 aliphatic rings. The van der Waals surface area contributed by atoms with E-state index in [9.17, 15) is 14.4 Å². The van der Waals surface area contributed by atoms with Crippen LogP contribution in [0.25, 0.3) is 0 Å². The normalized spacial score (nSPS) is 10.4. The number of unbranched alkanes of at least 4 members (excludes halogenated alkanes) is 12. The average Bonchev–Trinajstić information content (AvgIpc) is 2.61. The third-order valence-electron chi connectivity index (χ3n) is 4.23. The van der Waals surface area contributed by atoms with E-state index in [-0.39, 0.29) is 13.0 Å². The van der Waals surface area contributed by atoms with E-state index in [4.69, 9.17) is 5.73 Å². The van der Waals surface area contributed by atoms with Crippen molar-refractivity contribution in [3.8, 4) is 0 Å². The predicted molar refractivity (Wildman–Crippen MR) is 103 cm³/mol. The number of hydrogen-bond donors (Lipinski definition) is 1. The fourth-order valence-electron chi connectivity index (χ4n) is 2.78. The molecular weight excluding hydrogens is 350 g/mol. The van der Waals surface area contributed by atoms with Gasteiger partial charge in [-0.2, -0.15) is 0 Å². The molecule has 0 rings (SSSR count). The van der Waals surface area contributed by atoms with Gasteiger partial charge >= 0.3 is 18.2 Å². The number of hydrogen-bond acceptors (Lipinski definition) is 6. The minimum Gasteiger partial charge on any atom is -0.450 e. The van der Waals surface area contributed by atoms with Crippen LogP contribution in [0.5, 0.6) is 0 Å². The number of carbonyl (C=O) groups is 3. The van der Waals surface area contributed by atoms with Crippen LogP contribution in [-0.2, 0) is 19.0 Å². The average molecular weight is 388 g/mol. The lowest BCUT2D eigenvalue weighted by Gasteiger charge is -2.04. The highest BCUT2D eigenvalue weighted by Crippen LogP contribution is 2.13. The molecule has 0 aromatic heterocycles. The lowest BCUT2D eigenvalue weighted by molar-refractivity contribution is -0.139. The Balaban J connectivity index is 3.17. The van der Waals surface area contributed by atoms with Crippen LogP contribution in [0.3, 0.4) is 0 Å². The van der Waals surface area contributed by atoms with Crippen molar-refractivity contribution < 1.29 is 28.6 Å². The van der Waals surface area contributed by atoms with E-state index in [1.807, 2.05) is 0 Å². The second kappa shape index (κ2) is 19.0. The summed E-state index contributed by atoms with van der Waals surface area (Å²) in [7, 11) is 0. The van der Waals surface area contributed by atoms with E-state index in [1.165, 1.54) is 51.4 Å². The van der Waals surface area contributed by atoms with Crippen molar-refractivity contribution >= 4 is 18.2 Å². The molecule has 0 heterocycles. The highest BCUT2D eigenvalue weighted by Gasteiger charge is 2.10. The second-order valence-corrected chi connectivity index (χ2v) is 6.67. The van der Waals surface area contributed by atoms with Crippen LogP contribution in [0.2, 0.25) is 0 Å². The van der Waals surface area contributed by atoms with Crippen molar-refractivity contribution in [2.45, 2.75) is 96.8 Å². The molecule has 0 fully saturated rings. The van der Waals surface area contributed by atoms with E-state index in [0.29, 0.717) is 6.61 Å². The molecule has 0 aromatic rings. The van der Waals surface area contributed by atoms with Crippen LogP contribution in [-0.4, -0.2) is 31.4 Å². The zero-order valence-electron chi connectivity index (χ0n) is 16.8. The summed E-state index contributed by atoms with van der Waals surface area (Å²) in [6, 6.07) is 0. The Labute approximate surface area is 163 Å². The number of carbonyl (C=O) groups excluding carboxylic acids is 3. The highest BCUT2D eigenvalue weighted by atomic mass is 16.7. The van der Waals surface area contributed by atoms with Gasteiger partial charge in [-0.25, -0.2) is 9.59 Å². The standard InChI is InChI=1S/C20H37NO6/c1-2-25-20(24)27-18(22)16-14-12-10-8-6-4-3-5-7-9-11-13-15-17-26-19(21)23/h2-17H2,1H3,(H2,21,23). The van der Waals surface area contributed by atoms with Crippen LogP contribution in [0.1, 0.15) is 96.8 Å². The summed E-state index contributed by atoms with van der Waals surface area (Å²) in [4.78, 5) is 32.7. The molecule has 0 saturated heterocycles. The molecule has 0 spiro atoms. The maximum Gasteiger partial charge on any atom is 0.516 e. The molecule has 1 amide bonds. The van der Waals surface area contributed by atoms with Crippen LogP contribution in [0.4, 0.5) is 9.59 Å². The molecule has 0 saturated carbocycles. The number of rotatable bonds is 17. The molecule has 2 N–H and O–H groups in total. The summed E-state index contributed by atoms with van der Waals surface area (Å²) in [5.41, 5.74) is 4.89. The first kappa shape index (κ1) is 25.2. The predicted octanol–water partition coefficient (Wildman–Crippen LogP) is 5.24. The summed E-state index contributed by atoms with van der Waals surface area (Å²) in [5, 5.41) is 0. The summed E-state index contributed by atoms with van der Waals surface area (Å²) < 4.78 is 13.7. The fraction of sp³-hybridized carbons (Fsp3) is 0.850. The third-order valence-corrected chi connectivity index (χ3v) is 4.23. The lowest BCUT2D eigenvalue weighted by Crippen LogP contribution is -2.13. The molecule has 0 aromatic carbocycles. The first-order chi connectivity index (χ1) is 13.1. The number of primary amides is 1. The van der Waals surface area contributed by atoms with Gasteiger partial charge in [0, 0.05) is 6.42 Å². The van der Waals surface area contributed by atoms with Gasteiger partial charge in [-0.15, -0.1) is 0 Å². The Morgan fingerprint density at radius 1 is 0.667 bits per heavy atom. The van der Waals surface area contributed by atoms with Gasteiger partial charge in [-0.3, -0.25) is 4.79 Å². The zero-order chi connectivity index (χ0) is 20.2. The van der Waals surface area contributed by atoms with Gasteiger partial charge in [0.2, 0.25) is 0 Å². The van der Waals surface area contributed by atoms with Gasteiger partial charge in [0.15, 0.2) is 0 Å². The molecule has 0 radical (unpaired) electrons. The zero-order valence-corrected chi connectivity index (χ0v) is 16.8. The van der Waals surface area contributed by atoms with Gasteiger partial charge in [0.05, 0.1) is 13.2 Å². The largest absolute Gasteiger partial charge is 0.516 e. The molecular formula is C20H37NO6. The van der Waals surface area contributed by atoms with Crippen LogP contribution < -0.4 is 5.73 Å². The number of nitrogens with two attached hydrogens (primary N) is 1. The Bertz CT molecular complexity index is 400. The monoisotopic (exact) mass is 387 g/mol. The van der Waals surface area contributed by atoms with E-state index in [1.54, 1.807) is 6.92 Å². The van der Waals surface area contributed by atoms with Crippen LogP contribution in [0, 0.1) is 0 Å². The molecule has 0 bridgehead atoms. The summed E-state index contributed by atoms with van der Waals surface area (Å²) >= 11 is 0.